The highest BCUT2D eigenvalue weighted by Gasteiger charge is 2.19. The number of aliphatic carboxylic acids is 1. The molecule has 1 aromatic rings. The van der Waals surface area contributed by atoms with E-state index in [1.807, 2.05) is 0 Å². The molecule has 120 valence electrons. The summed E-state index contributed by atoms with van der Waals surface area (Å²) in [6.07, 6.45) is 7.41. The van der Waals surface area contributed by atoms with Crippen molar-refractivity contribution in [1.29, 1.82) is 0 Å². The Morgan fingerprint density at radius 2 is 1.91 bits per heavy atom. The third kappa shape index (κ3) is 6.92. The van der Waals surface area contributed by atoms with E-state index >= 15 is 0 Å². The summed E-state index contributed by atoms with van der Waals surface area (Å²) in [5, 5.41) is 20.9. The number of benzene rings is 1. The topological polar surface area (TPSA) is 86.6 Å². The first-order valence-electron chi connectivity index (χ1n) is 7.50. The van der Waals surface area contributed by atoms with E-state index in [1.54, 1.807) is 18.2 Å². The molecule has 0 saturated heterocycles. The Morgan fingerprint density at radius 1 is 1.23 bits per heavy atom. The van der Waals surface area contributed by atoms with Crippen molar-refractivity contribution in [2.75, 3.05) is 0 Å². The van der Waals surface area contributed by atoms with Crippen LogP contribution < -0.4 is 5.32 Å². The van der Waals surface area contributed by atoms with Crippen LogP contribution in [-0.2, 0) is 16.0 Å². The molecular formula is C17H23NO4. The summed E-state index contributed by atoms with van der Waals surface area (Å²) in [6, 6.07) is 5.26. The van der Waals surface area contributed by atoms with Gasteiger partial charge in [-0.1, -0.05) is 38.0 Å². The number of amides is 1. The second kappa shape index (κ2) is 9.60. The lowest BCUT2D eigenvalue weighted by Gasteiger charge is -2.13. The molecule has 0 aromatic heterocycles. The van der Waals surface area contributed by atoms with Gasteiger partial charge in [0.2, 0.25) is 5.91 Å². The molecule has 0 bridgehead atoms. The number of nitrogens with one attached hydrogen (secondary N) is 1. The maximum absolute atomic E-state index is 11.7. The zero-order valence-corrected chi connectivity index (χ0v) is 12.8. The van der Waals surface area contributed by atoms with Crippen LogP contribution in [0.1, 0.15) is 38.2 Å². The molecule has 5 heteroatoms. The number of phenolic OH excluding ortho intramolecular Hbond substituents is 1. The van der Waals surface area contributed by atoms with E-state index in [4.69, 9.17) is 0 Å². The van der Waals surface area contributed by atoms with Crippen LogP contribution in [-0.4, -0.2) is 28.1 Å². The van der Waals surface area contributed by atoms with Crippen LogP contribution in [0.5, 0.6) is 5.75 Å². The largest absolute Gasteiger partial charge is 0.508 e. The van der Waals surface area contributed by atoms with Crippen molar-refractivity contribution in [1.82, 2.24) is 5.32 Å². The number of hydrogen-bond acceptors (Lipinski definition) is 3. The molecule has 1 aromatic carbocycles. The summed E-state index contributed by atoms with van der Waals surface area (Å²) in [4.78, 5) is 23.0. The number of carbonyl (C=O) groups is 2. The maximum atomic E-state index is 11.7. The quantitative estimate of drug-likeness (QED) is 0.483. The normalized spacial score (nSPS) is 12.2. The zero-order valence-electron chi connectivity index (χ0n) is 12.8. The van der Waals surface area contributed by atoms with Gasteiger partial charge in [0.25, 0.3) is 0 Å². The highest BCUT2D eigenvalue weighted by Crippen LogP contribution is 2.11. The number of phenols is 1. The number of hydrogen-bond donors (Lipinski definition) is 3. The van der Waals surface area contributed by atoms with Gasteiger partial charge in [0.15, 0.2) is 0 Å². The summed E-state index contributed by atoms with van der Waals surface area (Å²) in [5.41, 5.74) is 0.734. The van der Waals surface area contributed by atoms with Gasteiger partial charge < -0.3 is 15.5 Å². The van der Waals surface area contributed by atoms with E-state index in [0.29, 0.717) is 0 Å². The molecule has 5 nitrogen and oxygen atoms in total. The fourth-order valence-electron chi connectivity index (χ4n) is 1.99. The van der Waals surface area contributed by atoms with E-state index in [1.165, 1.54) is 18.2 Å². The van der Waals surface area contributed by atoms with Crippen molar-refractivity contribution in [3.8, 4) is 5.75 Å². The molecule has 0 unspecified atom stereocenters. The summed E-state index contributed by atoms with van der Waals surface area (Å²) in [5.74, 6) is -1.36. The van der Waals surface area contributed by atoms with Gasteiger partial charge in [-0.2, -0.15) is 0 Å². The Morgan fingerprint density at radius 3 is 2.50 bits per heavy atom. The van der Waals surface area contributed by atoms with Gasteiger partial charge in [-0.3, -0.25) is 4.79 Å². The fraction of sp³-hybridized carbons (Fsp3) is 0.412. The molecule has 1 atom stereocenters. The van der Waals surface area contributed by atoms with Crippen molar-refractivity contribution in [3.05, 3.63) is 42.0 Å². The molecule has 1 rings (SSSR count). The minimum atomic E-state index is -1.08. The van der Waals surface area contributed by atoms with Gasteiger partial charge in [0, 0.05) is 6.42 Å². The number of rotatable bonds is 9. The van der Waals surface area contributed by atoms with Crippen molar-refractivity contribution >= 4 is 11.9 Å². The van der Waals surface area contributed by atoms with Gasteiger partial charge in [-0.15, -0.1) is 0 Å². The lowest BCUT2D eigenvalue weighted by Crippen LogP contribution is -2.41. The number of carboxylic acids is 1. The summed E-state index contributed by atoms with van der Waals surface area (Å²) in [7, 11) is 0. The Labute approximate surface area is 130 Å². The molecule has 0 radical (unpaired) electrons. The highest BCUT2D eigenvalue weighted by atomic mass is 16.4. The van der Waals surface area contributed by atoms with Gasteiger partial charge in [-0.25, -0.2) is 4.79 Å². The lowest BCUT2D eigenvalue weighted by atomic mass is 10.1. The molecule has 0 spiro atoms. The summed E-state index contributed by atoms with van der Waals surface area (Å²) >= 11 is 0. The smallest absolute Gasteiger partial charge is 0.326 e. The Balaban J connectivity index is 2.51. The number of aromatic hydroxyl groups is 1. The van der Waals surface area contributed by atoms with Crippen LogP contribution in [0.2, 0.25) is 0 Å². The van der Waals surface area contributed by atoms with E-state index < -0.39 is 17.9 Å². The van der Waals surface area contributed by atoms with Crippen LogP contribution in [0, 0.1) is 0 Å². The predicted octanol–water partition coefficient (Wildman–Crippen LogP) is 2.64. The minimum absolute atomic E-state index is 0.120. The standard InChI is InChI=1S/C17H23NO4/c1-2-3-4-5-6-7-16(20)18-15(17(21)22)12-13-8-10-14(19)11-9-13/h6-11,15,19H,2-5,12H2,1H3,(H,18,20)(H,21,22)/b7-6+/t15-/m0/s1. The first-order valence-corrected chi connectivity index (χ1v) is 7.50. The molecule has 0 fully saturated rings. The van der Waals surface area contributed by atoms with Crippen LogP contribution >= 0.6 is 0 Å². The third-order valence-electron chi connectivity index (χ3n) is 3.23. The molecule has 1 amide bonds. The number of carboxylic acid groups (broad SMARTS) is 1. The molecule has 0 aliphatic carbocycles. The van der Waals surface area contributed by atoms with Gasteiger partial charge in [0.1, 0.15) is 11.8 Å². The highest BCUT2D eigenvalue weighted by molar-refractivity contribution is 5.91. The minimum Gasteiger partial charge on any atom is -0.508 e. The molecule has 0 heterocycles. The summed E-state index contributed by atoms with van der Waals surface area (Å²) < 4.78 is 0. The van der Waals surface area contributed by atoms with Crippen LogP contribution in [0.15, 0.2) is 36.4 Å². The van der Waals surface area contributed by atoms with Crippen LogP contribution in [0.25, 0.3) is 0 Å². The average Bonchev–Trinajstić information content (AvgIpc) is 2.48. The Kier molecular flexibility index (Phi) is 7.75. The number of carbonyl (C=O) groups excluding carboxylic acids is 1. The molecule has 0 saturated carbocycles. The number of allylic oxidation sites excluding steroid dienone is 1. The van der Waals surface area contributed by atoms with Crippen molar-refractivity contribution < 1.29 is 19.8 Å². The van der Waals surface area contributed by atoms with Gasteiger partial charge in [-0.05, 0) is 36.6 Å². The van der Waals surface area contributed by atoms with E-state index in [0.717, 1.165) is 31.2 Å². The van der Waals surface area contributed by atoms with Crippen LogP contribution in [0.3, 0.4) is 0 Å². The fourth-order valence-corrected chi connectivity index (χ4v) is 1.99. The molecule has 22 heavy (non-hydrogen) atoms. The van der Waals surface area contributed by atoms with Gasteiger partial charge >= 0.3 is 5.97 Å². The maximum Gasteiger partial charge on any atom is 0.326 e. The second-order valence-corrected chi connectivity index (χ2v) is 5.17. The second-order valence-electron chi connectivity index (χ2n) is 5.17. The first kappa shape index (κ1) is 17.8. The molecule has 0 aliphatic rings. The molecule has 3 N–H and O–H groups in total. The monoisotopic (exact) mass is 305 g/mol. The third-order valence-corrected chi connectivity index (χ3v) is 3.23. The van der Waals surface area contributed by atoms with Gasteiger partial charge in [0.05, 0.1) is 0 Å². The lowest BCUT2D eigenvalue weighted by molar-refractivity contribution is -0.141. The Bertz CT molecular complexity index is 508. The zero-order chi connectivity index (χ0) is 16.4. The van der Waals surface area contributed by atoms with E-state index in [-0.39, 0.29) is 12.2 Å². The van der Waals surface area contributed by atoms with Crippen LogP contribution in [0.4, 0.5) is 0 Å². The SMILES string of the molecule is CCCCC/C=C/C(=O)N[C@@H](Cc1ccc(O)cc1)C(=O)O. The van der Waals surface area contributed by atoms with E-state index in [2.05, 4.69) is 12.2 Å². The number of unbranched alkanes of at least 4 members (excludes halogenated alkanes) is 3. The van der Waals surface area contributed by atoms with Crippen molar-refractivity contribution in [2.24, 2.45) is 0 Å². The van der Waals surface area contributed by atoms with Crippen molar-refractivity contribution in [3.63, 3.8) is 0 Å². The first-order chi connectivity index (χ1) is 10.5. The average molecular weight is 305 g/mol. The van der Waals surface area contributed by atoms with E-state index in [9.17, 15) is 19.8 Å². The molecular weight excluding hydrogens is 282 g/mol. The Hall–Kier alpha value is -2.30. The predicted molar refractivity (Wildman–Crippen MR) is 84.7 cm³/mol. The van der Waals surface area contributed by atoms with Crippen molar-refractivity contribution in [2.45, 2.75) is 45.1 Å². The summed E-state index contributed by atoms with van der Waals surface area (Å²) in [6.45, 7) is 2.11. The molecule has 0 aliphatic heterocycles.